The third-order valence-corrected chi connectivity index (χ3v) is 14.4. The van der Waals surface area contributed by atoms with Crippen LogP contribution in [-0.2, 0) is 32.7 Å². The summed E-state index contributed by atoms with van der Waals surface area (Å²) in [5, 5.41) is 0. The molecule has 2 atom stereocenters. The third kappa shape index (κ3) is 55.8. The molecule has 9 nitrogen and oxygen atoms in total. The van der Waals surface area contributed by atoms with Crippen LogP contribution in [0, 0.1) is 0 Å². The van der Waals surface area contributed by atoms with Crippen LogP contribution < -0.4 is 4.89 Å². The monoisotopic (exact) mass is 1010 g/mol. The van der Waals surface area contributed by atoms with E-state index >= 15 is 0 Å². The summed E-state index contributed by atoms with van der Waals surface area (Å²) in [5.74, 6) is -0.893. The number of hydrogen-bond acceptors (Lipinski definition) is 8. The van der Waals surface area contributed by atoms with Crippen molar-refractivity contribution in [2.75, 3.05) is 47.5 Å². The molecule has 0 amide bonds. The van der Waals surface area contributed by atoms with E-state index in [4.69, 9.17) is 18.5 Å². The van der Waals surface area contributed by atoms with E-state index in [-0.39, 0.29) is 26.1 Å². The molecule has 0 rings (SSSR count). The van der Waals surface area contributed by atoms with Crippen molar-refractivity contribution in [2.45, 2.75) is 302 Å². The summed E-state index contributed by atoms with van der Waals surface area (Å²) in [4.78, 5) is 37.8. The molecule has 70 heavy (non-hydrogen) atoms. The van der Waals surface area contributed by atoms with Crippen molar-refractivity contribution in [3.63, 3.8) is 0 Å². The molecular formula is C60H116NO8P. The van der Waals surface area contributed by atoms with Gasteiger partial charge >= 0.3 is 11.9 Å². The van der Waals surface area contributed by atoms with Crippen molar-refractivity contribution < 1.29 is 42.1 Å². The first kappa shape index (κ1) is 68.5. The van der Waals surface area contributed by atoms with Crippen LogP contribution in [0.2, 0.25) is 0 Å². The summed E-state index contributed by atoms with van der Waals surface area (Å²) in [7, 11) is 1.15. The minimum absolute atomic E-state index is 0.0369. The van der Waals surface area contributed by atoms with E-state index in [0.717, 1.165) is 25.7 Å². The lowest BCUT2D eigenvalue weighted by atomic mass is 10.0. The first-order valence-corrected chi connectivity index (χ1v) is 31.5. The second-order valence-corrected chi connectivity index (χ2v) is 23.1. The van der Waals surface area contributed by atoms with Crippen molar-refractivity contribution >= 4 is 19.8 Å². The molecule has 0 N–H and O–H groups in total. The van der Waals surface area contributed by atoms with E-state index in [0.29, 0.717) is 23.9 Å². The van der Waals surface area contributed by atoms with Crippen LogP contribution in [-0.4, -0.2) is 70.0 Å². The second-order valence-electron chi connectivity index (χ2n) is 21.7. The molecule has 0 aliphatic carbocycles. The number of carbonyl (C=O) groups excluding carboxylic acids is 2. The number of likely N-dealkylation sites (N-methyl/N-ethyl adjacent to an activating group) is 1. The van der Waals surface area contributed by atoms with E-state index in [9.17, 15) is 19.0 Å². The van der Waals surface area contributed by atoms with Gasteiger partial charge in [0.05, 0.1) is 27.7 Å². The normalized spacial score (nSPS) is 13.4. The summed E-state index contributed by atoms with van der Waals surface area (Å²) in [6.07, 6.45) is 62.5. The Morgan fingerprint density at radius 2 is 0.729 bits per heavy atom. The van der Waals surface area contributed by atoms with E-state index in [2.05, 4.69) is 38.2 Å². The van der Waals surface area contributed by atoms with Crippen LogP contribution in [0.5, 0.6) is 0 Å². The van der Waals surface area contributed by atoms with Crippen molar-refractivity contribution in [1.29, 1.82) is 0 Å². The number of quaternary nitrogens is 1. The fourth-order valence-corrected chi connectivity index (χ4v) is 9.51. The van der Waals surface area contributed by atoms with Gasteiger partial charge in [-0.2, -0.15) is 0 Å². The van der Waals surface area contributed by atoms with E-state index in [1.54, 1.807) is 0 Å². The van der Waals surface area contributed by atoms with Gasteiger partial charge in [-0.25, -0.2) is 0 Å². The lowest BCUT2D eigenvalue weighted by molar-refractivity contribution is -0.870. The van der Waals surface area contributed by atoms with Crippen molar-refractivity contribution in [3.05, 3.63) is 24.3 Å². The van der Waals surface area contributed by atoms with E-state index in [1.165, 1.54) is 231 Å². The summed E-state index contributed by atoms with van der Waals surface area (Å²) in [5.41, 5.74) is 0. The van der Waals surface area contributed by atoms with Crippen LogP contribution in [0.1, 0.15) is 296 Å². The Hall–Kier alpha value is -1.51. The largest absolute Gasteiger partial charge is 0.756 e. The summed E-state index contributed by atoms with van der Waals surface area (Å²) < 4.78 is 34.1. The zero-order valence-corrected chi connectivity index (χ0v) is 47.9. The molecule has 0 radical (unpaired) electrons. The standard InChI is InChI=1S/C60H116NO8P/c1-6-8-10-12-14-16-18-20-22-24-26-28-30-32-34-36-38-40-42-44-46-48-50-52-59(62)66-56-58(57-68-70(64,65)67-55-54-61(3,4)5)69-60(63)53-51-49-47-45-43-41-39-37-35-33-31-29-27-25-23-21-19-17-15-13-11-9-7-2/h44-47,58H,6-43,48-57H2,1-5H3/b46-44+,47-45+/t58-/m1/s1. The Labute approximate surface area is 434 Å². The highest BCUT2D eigenvalue weighted by Crippen LogP contribution is 2.38. The molecule has 1 unspecified atom stereocenters. The van der Waals surface area contributed by atoms with Gasteiger partial charge in [0.25, 0.3) is 7.82 Å². The lowest BCUT2D eigenvalue weighted by Gasteiger charge is -2.28. The molecule has 0 fully saturated rings. The molecule has 0 aliphatic rings. The maximum Gasteiger partial charge on any atom is 0.306 e. The first-order valence-electron chi connectivity index (χ1n) is 30.0. The number of rotatable bonds is 56. The molecular weight excluding hydrogens is 894 g/mol. The fourth-order valence-electron chi connectivity index (χ4n) is 8.78. The minimum Gasteiger partial charge on any atom is -0.756 e. The van der Waals surface area contributed by atoms with Gasteiger partial charge in [0.2, 0.25) is 0 Å². The molecule has 0 aromatic carbocycles. The molecule has 0 saturated carbocycles. The van der Waals surface area contributed by atoms with Crippen LogP contribution in [0.15, 0.2) is 24.3 Å². The number of phosphoric ester groups is 1. The van der Waals surface area contributed by atoms with Crippen molar-refractivity contribution in [1.82, 2.24) is 0 Å². The number of unbranched alkanes of at least 4 members (excludes halogenated alkanes) is 38. The highest BCUT2D eigenvalue weighted by molar-refractivity contribution is 7.45. The van der Waals surface area contributed by atoms with Crippen molar-refractivity contribution in [2.24, 2.45) is 0 Å². The number of hydrogen-bond donors (Lipinski definition) is 0. The minimum atomic E-state index is -4.65. The molecule has 0 heterocycles. The molecule has 0 spiro atoms. The highest BCUT2D eigenvalue weighted by Gasteiger charge is 2.21. The predicted octanol–water partition coefficient (Wildman–Crippen LogP) is 18.0. The summed E-state index contributed by atoms with van der Waals surface area (Å²) >= 11 is 0. The Morgan fingerprint density at radius 3 is 1.06 bits per heavy atom. The fraction of sp³-hybridized carbons (Fsp3) is 0.900. The average Bonchev–Trinajstić information content (AvgIpc) is 3.32. The maximum absolute atomic E-state index is 12.8. The van der Waals surface area contributed by atoms with Gasteiger partial charge in [0, 0.05) is 12.8 Å². The molecule has 0 saturated heterocycles. The number of esters is 2. The van der Waals surface area contributed by atoms with Crippen LogP contribution >= 0.6 is 7.82 Å². The topological polar surface area (TPSA) is 111 Å². The van der Waals surface area contributed by atoms with Crippen LogP contribution in [0.4, 0.5) is 0 Å². The predicted molar refractivity (Wildman–Crippen MR) is 296 cm³/mol. The Kier molecular flexibility index (Phi) is 51.2. The third-order valence-electron chi connectivity index (χ3n) is 13.4. The molecule has 0 aromatic rings. The van der Waals surface area contributed by atoms with Crippen LogP contribution in [0.3, 0.4) is 0 Å². The van der Waals surface area contributed by atoms with Gasteiger partial charge < -0.3 is 27.9 Å². The van der Waals surface area contributed by atoms with Gasteiger partial charge in [-0.1, -0.05) is 256 Å². The number of allylic oxidation sites excluding steroid dienone is 4. The number of nitrogens with zero attached hydrogens (tertiary/aromatic N) is 1. The van der Waals surface area contributed by atoms with E-state index in [1.807, 2.05) is 21.1 Å². The first-order chi connectivity index (χ1) is 34.0. The van der Waals surface area contributed by atoms with Gasteiger partial charge in [-0.15, -0.1) is 0 Å². The summed E-state index contributed by atoms with van der Waals surface area (Å²) in [6, 6.07) is 0. The average molecular weight is 1010 g/mol. The van der Waals surface area contributed by atoms with E-state index < -0.39 is 32.5 Å². The second kappa shape index (κ2) is 52.4. The van der Waals surface area contributed by atoms with Gasteiger partial charge in [0.15, 0.2) is 6.10 Å². The number of ether oxygens (including phenoxy) is 2. The van der Waals surface area contributed by atoms with Gasteiger partial charge in [-0.3, -0.25) is 14.2 Å². The molecule has 0 bridgehead atoms. The highest BCUT2D eigenvalue weighted by atomic mass is 31.2. The smallest absolute Gasteiger partial charge is 0.306 e. The molecule has 414 valence electrons. The molecule has 0 aromatic heterocycles. The molecule has 10 heteroatoms. The maximum atomic E-state index is 12.8. The van der Waals surface area contributed by atoms with Crippen molar-refractivity contribution in [3.8, 4) is 0 Å². The van der Waals surface area contributed by atoms with Gasteiger partial charge in [-0.05, 0) is 51.4 Å². The SMILES string of the molecule is CCCCCCCCCCCCCCCCCCCC/C=C/CCCC(=O)OC[C@H](COP(=O)([O-])OCC[N+](C)(C)C)OC(=O)CCC/C=C/CCCCCCCCCCCCCCCCCCCC. The molecule has 0 aliphatic heterocycles. The Bertz CT molecular complexity index is 1240. The summed E-state index contributed by atoms with van der Waals surface area (Å²) in [6.45, 7) is 4.24. The Morgan fingerprint density at radius 1 is 0.429 bits per heavy atom. The van der Waals surface area contributed by atoms with Gasteiger partial charge in [0.1, 0.15) is 19.8 Å². The number of carbonyl (C=O) groups is 2. The van der Waals surface area contributed by atoms with Crippen LogP contribution in [0.25, 0.3) is 0 Å². The quantitative estimate of drug-likeness (QED) is 0.0195. The Balaban J connectivity index is 4.17. The number of phosphoric acid groups is 1. The zero-order chi connectivity index (χ0) is 51.3. The zero-order valence-electron chi connectivity index (χ0n) is 47.0. The lowest BCUT2D eigenvalue weighted by Crippen LogP contribution is -2.37.